The summed E-state index contributed by atoms with van der Waals surface area (Å²) in [4.78, 5) is 17.6. The SMILES string of the molecule is C=CCNC(=NCC(=O)N(C)C)NC1CCCC(S(=O)CC)C1. The molecule has 0 heterocycles. The molecule has 7 heteroatoms. The van der Waals surface area contributed by atoms with Crippen molar-refractivity contribution in [3.8, 4) is 0 Å². The van der Waals surface area contributed by atoms with E-state index in [1.165, 1.54) is 4.90 Å². The molecule has 0 aliphatic heterocycles. The lowest BCUT2D eigenvalue weighted by atomic mass is 9.95. The average Bonchev–Trinajstić information content (AvgIpc) is 2.56. The van der Waals surface area contributed by atoms with Crippen LogP contribution in [0.1, 0.15) is 32.6 Å². The fourth-order valence-electron chi connectivity index (χ4n) is 2.55. The fourth-order valence-corrected chi connectivity index (χ4v) is 3.90. The van der Waals surface area contributed by atoms with E-state index < -0.39 is 10.8 Å². The van der Waals surface area contributed by atoms with E-state index in [4.69, 9.17) is 0 Å². The molecule has 0 aromatic heterocycles. The molecule has 1 aliphatic rings. The Morgan fingerprint density at radius 3 is 2.78 bits per heavy atom. The van der Waals surface area contributed by atoms with Gasteiger partial charge in [-0.25, -0.2) is 4.99 Å². The fraction of sp³-hybridized carbons (Fsp3) is 0.750. The van der Waals surface area contributed by atoms with E-state index in [1.807, 2.05) is 6.92 Å². The van der Waals surface area contributed by atoms with Gasteiger partial charge in [-0.05, 0) is 19.3 Å². The normalized spacial score (nSPS) is 23.0. The van der Waals surface area contributed by atoms with Gasteiger partial charge in [0.25, 0.3) is 0 Å². The first-order valence-electron chi connectivity index (χ1n) is 8.21. The van der Waals surface area contributed by atoms with E-state index in [0.717, 1.165) is 25.7 Å². The van der Waals surface area contributed by atoms with Gasteiger partial charge in [0, 0.05) is 48.5 Å². The number of likely N-dealkylation sites (N-methyl/N-ethyl adjacent to an activating group) is 1. The predicted molar refractivity (Wildman–Crippen MR) is 97.1 cm³/mol. The van der Waals surface area contributed by atoms with Crippen molar-refractivity contribution in [2.75, 3.05) is 32.9 Å². The second-order valence-electron chi connectivity index (χ2n) is 5.92. The van der Waals surface area contributed by atoms with Gasteiger partial charge >= 0.3 is 0 Å². The summed E-state index contributed by atoms with van der Waals surface area (Å²) in [6.45, 7) is 6.35. The molecular weight excluding hydrogens is 312 g/mol. The third-order valence-corrected chi connectivity index (χ3v) is 5.65. The molecule has 23 heavy (non-hydrogen) atoms. The highest BCUT2D eigenvalue weighted by Gasteiger charge is 2.26. The van der Waals surface area contributed by atoms with Crippen LogP contribution in [0.15, 0.2) is 17.6 Å². The highest BCUT2D eigenvalue weighted by Crippen LogP contribution is 2.22. The van der Waals surface area contributed by atoms with E-state index >= 15 is 0 Å². The second-order valence-corrected chi connectivity index (χ2v) is 7.93. The summed E-state index contributed by atoms with van der Waals surface area (Å²) in [5.41, 5.74) is 0. The van der Waals surface area contributed by atoms with Crippen LogP contribution in [0.2, 0.25) is 0 Å². The smallest absolute Gasteiger partial charge is 0.243 e. The van der Waals surface area contributed by atoms with Gasteiger partial charge in [0.2, 0.25) is 5.91 Å². The van der Waals surface area contributed by atoms with Crippen molar-refractivity contribution in [2.24, 2.45) is 4.99 Å². The Morgan fingerprint density at radius 1 is 1.43 bits per heavy atom. The Kier molecular flexibility index (Phi) is 8.91. The Morgan fingerprint density at radius 2 is 2.17 bits per heavy atom. The number of carbonyl (C=O) groups excluding carboxylic acids is 1. The van der Waals surface area contributed by atoms with Crippen LogP contribution < -0.4 is 10.6 Å². The van der Waals surface area contributed by atoms with Gasteiger partial charge in [-0.1, -0.05) is 19.4 Å². The van der Waals surface area contributed by atoms with E-state index in [9.17, 15) is 9.00 Å². The minimum absolute atomic E-state index is 0.0432. The van der Waals surface area contributed by atoms with Gasteiger partial charge in [-0.3, -0.25) is 9.00 Å². The highest BCUT2D eigenvalue weighted by atomic mass is 32.2. The van der Waals surface area contributed by atoms with Crippen molar-refractivity contribution >= 4 is 22.7 Å². The molecule has 0 aromatic rings. The third kappa shape index (κ3) is 7.16. The van der Waals surface area contributed by atoms with Gasteiger partial charge in [0.05, 0.1) is 0 Å². The van der Waals surface area contributed by atoms with Crippen LogP contribution in [-0.2, 0) is 15.6 Å². The van der Waals surface area contributed by atoms with Gasteiger partial charge < -0.3 is 15.5 Å². The molecule has 1 fully saturated rings. The summed E-state index contributed by atoms with van der Waals surface area (Å²) >= 11 is 0. The Bertz CT molecular complexity index is 451. The lowest BCUT2D eigenvalue weighted by Gasteiger charge is -2.30. The molecule has 1 amide bonds. The maximum atomic E-state index is 12.0. The highest BCUT2D eigenvalue weighted by molar-refractivity contribution is 7.85. The standard InChI is InChI=1S/C16H30N4O2S/c1-5-10-17-16(18-12-15(21)20(3)4)19-13-8-7-9-14(11-13)23(22)6-2/h5,13-14H,1,6-12H2,2-4H3,(H2,17,18,19). The minimum Gasteiger partial charge on any atom is -0.354 e. The molecule has 3 unspecified atom stereocenters. The first-order valence-corrected chi connectivity index (χ1v) is 9.59. The molecule has 0 aromatic carbocycles. The molecule has 132 valence electrons. The summed E-state index contributed by atoms with van der Waals surface area (Å²) in [7, 11) is 2.68. The number of nitrogens with zero attached hydrogens (tertiary/aromatic N) is 2. The molecule has 6 nitrogen and oxygen atoms in total. The molecule has 1 saturated carbocycles. The second kappa shape index (κ2) is 10.4. The van der Waals surface area contributed by atoms with Gasteiger partial charge in [0.15, 0.2) is 5.96 Å². The van der Waals surface area contributed by atoms with E-state index in [2.05, 4.69) is 22.2 Å². The number of amides is 1. The molecule has 0 spiro atoms. The van der Waals surface area contributed by atoms with Crippen LogP contribution >= 0.6 is 0 Å². The molecule has 1 aliphatic carbocycles. The number of aliphatic imine (C=N–C) groups is 1. The number of guanidine groups is 1. The summed E-state index contributed by atoms with van der Waals surface area (Å²) in [6, 6.07) is 0.245. The van der Waals surface area contributed by atoms with Gasteiger partial charge in [0.1, 0.15) is 6.54 Å². The van der Waals surface area contributed by atoms with Crippen molar-refractivity contribution in [3.63, 3.8) is 0 Å². The number of rotatable bonds is 7. The summed E-state index contributed by atoms with van der Waals surface area (Å²) in [5, 5.41) is 6.78. The quantitative estimate of drug-likeness (QED) is 0.409. The largest absolute Gasteiger partial charge is 0.354 e. The monoisotopic (exact) mass is 342 g/mol. The zero-order chi connectivity index (χ0) is 17.2. The molecule has 2 N–H and O–H groups in total. The third-order valence-electron chi connectivity index (χ3n) is 3.91. The topological polar surface area (TPSA) is 73.8 Å². The molecule has 3 atom stereocenters. The van der Waals surface area contributed by atoms with Crippen LogP contribution in [0.3, 0.4) is 0 Å². The van der Waals surface area contributed by atoms with Gasteiger partial charge in [-0.15, -0.1) is 6.58 Å². The number of hydrogen-bond acceptors (Lipinski definition) is 3. The summed E-state index contributed by atoms with van der Waals surface area (Å²) in [5.74, 6) is 1.29. The van der Waals surface area contributed by atoms with Crippen molar-refractivity contribution in [3.05, 3.63) is 12.7 Å². The zero-order valence-corrected chi connectivity index (χ0v) is 15.3. The minimum atomic E-state index is -0.749. The maximum absolute atomic E-state index is 12.0. The molecule has 0 saturated heterocycles. The van der Waals surface area contributed by atoms with Crippen molar-refractivity contribution in [1.29, 1.82) is 0 Å². The average molecular weight is 343 g/mol. The van der Waals surface area contributed by atoms with Crippen LogP contribution in [0, 0.1) is 0 Å². The van der Waals surface area contributed by atoms with E-state index in [1.54, 1.807) is 20.2 Å². The number of nitrogens with one attached hydrogen (secondary N) is 2. The van der Waals surface area contributed by atoms with Crippen LogP contribution in [0.5, 0.6) is 0 Å². The van der Waals surface area contributed by atoms with Crippen molar-refractivity contribution in [1.82, 2.24) is 15.5 Å². The molecule has 0 bridgehead atoms. The van der Waals surface area contributed by atoms with E-state index in [0.29, 0.717) is 18.3 Å². The summed E-state index contributed by atoms with van der Waals surface area (Å²) < 4.78 is 12.0. The Balaban J connectivity index is 2.64. The van der Waals surface area contributed by atoms with Gasteiger partial charge in [-0.2, -0.15) is 0 Å². The van der Waals surface area contributed by atoms with E-state index in [-0.39, 0.29) is 23.7 Å². The number of carbonyl (C=O) groups is 1. The van der Waals surface area contributed by atoms with Crippen LogP contribution in [-0.4, -0.2) is 65.2 Å². The Hall–Kier alpha value is -1.37. The maximum Gasteiger partial charge on any atom is 0.243 e. The lowest BCUT2D eigenvalue weighted by molar-refractivity contribution is -0.127. The summed E-state index contributed by atoms with van der Waals surface area (Å²) in [6.07, 6.45) is 5.77. The van der Waals surface area contributed by atoms with Crippen LogP contribution in [0.4, 0.5) is 0 Å². The molecule has 0 radical (unpaired) electrons. The first-order chi connectivity index (χ1) is 11.0. The first kappa shape index (κ1) is 19.7. The lowest BCUT2D eigenvalue weighted by Crippen LogP contribution is -2.47. The van der Waals surface area contributed by atoms with Crippen LogP contribution in [0.25, 0.3) is 0 Å². The molecular formula is C16H30N4O2S. The Labute approximate surface area is 142 Å². The molecule has 1 rings (SSSR count). The zero-order valence-electron chi connectivity index (χ0n) is 14.5. The predicted octanol–water partition coefficient (Wildman–Crippen LogP) is 0.876. The van der Waals surface area contributed by atoms with Crippen molar-refractivity contribution in [2.45, 2.75) is 43.9 Å². The number of hydrogen-bond donors (Lipinski definition) is 2. The van der Waals surface area contributed by atoms with Crippen molar-refractivity contribution < 1.29 is 9.00 Å².